The van der Waals surface area contributed by atoms with E-state index in [4.69, 9.17) is 0 Å². The van der Waals surface area contributed by atoms with Crippen molar-refractivity contribution in [3.05, 3.63) is 36.5 Å². The first-order chi connectivity index (χ1) is 18.0. The van der Waals surface area contributed by atoms with Crippen molar-refractivity contribution in [3.63, 3.8) is 0 Å². The summed E-state index contributed by atoms with van der Waals surface area (Å²) in [6, 6.07) is 1.15. The summed E-state index contributed by atoms with van der Waals surface area (Å²) in [5.41, 5.74) is 0.128. The number of aromatic nitrogens is 5. The molecule has 3 aromatic rings. The highest BCUT2D eigenvalue weighted by Gasteiger charge is 2.46. The van der Waals surface area contributed by atoms with Gasteiger partial charge in [-0.15, -0.1) is 0 Å². The van der Waals surface area contributed by atoms with Crippen molar-refractivity contribution in [1.82, 2.24) is 29.8 Å². The van der Waals surface area contributed by atoms with Crippen LogP contribution < -0.4 is 15.5 Å². The van der Waals surface area contributed by atoms with Gasteiger partial charge in [-0.05, 0) is 38.8 Å². The van der Waals surface area contributed by atoms with Crippen LogP contribution in [0.5, 0.6) is 0 Å². The van der Waals surface area contributed by atoms with Gasteiger partial charge in [-0.3, -0.25) is 4.79 Å². The zero-order valence-corrected chi connectivity index (χ0v) is 20.8. The fourth-order valence-electron chi connectivity index (χ4n) is 5.18. The second-order valence-electron chi connectivity index (χ2n) is 10.1. The summed E-state index contributed by atoms with van der Waals surface area (Å²) in [7, 11) is 0. The number of carbonyl (C=O) groups excluding carboxylic acids is 1. The maximum atomic E-state index is 13.1. The Morgan fingerprint density at radius 3 is 2.68 bits per heavy atom. The average molecular weight is 535 g/mol. The number of hydrogen-bond donors (Lipinski definition) is 4. The van der Waals surface area contributed by atoms with E-state index in [9.17, 15) is 28.2 Å². The van der Waals surface area contributed by atoms with Crippen molar-refractivity contribution in [3.8, 4) is 0 Å². The molecular weight excluding hydrogens is 505 g/mol. The third-order valence-electron chi connectivity index (χ3n) is 7.06. The fraction of sp³-hybridized carbons (Fsp3) is 0.542. The Bertz CT molecular complexity index is 1320. The van der Waals surface area contributed by atoms with Crippen molar-refractivity contribution < 1.29 is 28.2 Å². The van der Waals surface area contributed by atoms with Gasteiger partial charge in [-0.2, -0.15) is 13.2 Å². The molecule has 1 aliphatic carbocycles. The van der Waals surface area contributed by atoms with Gasteiger partial charge in [0, 0.05) is 31.4 Å². The van der Waals surface area contributed by atoms with Gasteiger partial charge in [0.1, 0.15) is 23.8 Å². The van der Waals surface area contributed by atoms with Gasteiger partial charge in [0.15, 0.2) is 11.5 Å². The number of carbonyl (C=O) groups is 1. The number of rotatable bonds is 6. The summed E-state index contributed by atoms with van der Waals surface area (Å²) in [6.45, 7) is 4.57. The van der Waals surface area contributed by atoms with Crippen LogP contribution >= 0.6 is 0 Å². The van der Waals surface area contributed by atoms with Gasteiger partial charge >= 0.3 is 6.18 Å². The minimum atomic E-state index is -4.44. The Balaban J connectivity index is 1.32. The summed E-state index contributed by atoms with van der Waals surface area (Å²) >= 11 is 0. The molecule has 0 radical (unpaired) electrons. The van der Waals surface area contributed by atoms with E-state index in [2.05, 4.69) is 30.6 Å². The minimum absolute atomic E-state index is 0.0998. The maximum absolute atomic E-state index is 13.1. The number of nitrogens with one attached hydrogen (secondary N) is 2. The number of amides is 1. The number of aliphatic hydroxyl groups is 2. The Morgan fingerprint density at radius 1 is 1.16 bits per heavy atom. The molecule has 5 rings (SSSR count). The maximum Gasteiger partial charge on any atom is 0.416 e. The lowest BCUT2D eigenvalue weighted by Gasteiger charge is -2.19. The smallest absolute Gasteiger partial charge is 0.390 e. The Morgan fingerprint density at radius 2 is 1.95 bits per heavy atom. The van der Waals surface area contributed by atoms with Crippen molar-refractivity contribution in [1.29, 1.82) is 0 Å². The third kappa shape index (κ3) is 4.97. The molecule has 0 spiro atoms. The molecule has 5 atom stereocenters. The van der Waals surface area contributed by atoms with Crippen LogP contribution in [0.25, 0.3) is 11.2 Å². The molecule has 1 amide bonds. The first-order valence-electron chi connectivity index (χ1n) is 12.4. The van der Waals surface area contributed by atoms with Gasteiger partial charge < -0.3 is 30.3 Å². The number of halogens is 3. The lowest BCUT2D eigenvalue weighted by Crippen LogP contribution is -2.40. The molecule has 14 heteroatoms. The first-order valence-corrected chi connectivity index (χ1v) is 12.4. The zero-order valence-electron chi connectivity index (χ0n) is 20.8. The molecule has 11 nitrogen and oxygen atoms in total. The van der Waals surface area contributed by atoms with E-state index in [0.29, 0.717) is 36.5 Å². The molecule has 2 aliphatic rings. The van der Waals surface area contributed by atoms with E-state index >= 15 is 0 Å². The molecule has 0 aromatic carbocycles. The van der Waals surface area contributed by atoms with E-state index in [1.807, 2.05) is 13.8 Å². The monoisotopic (exact) mass is 534 g/mol. The van der Waals surface area contributed by atoms with Crippen LogP contribution in [0.2, 0.25) is 0 Å². The molecule has 1 aliphatic heterocycles. The van der Waals surface area contributed by atoms with Gasteiger partial charge in [-0.25, -0.2) is 19.9 Å². The zero-order chi connectivity index (χ0) is 27.2. The number of imidazole rings is 1. The normalized spacial score (nSPS) is 25.9. The fourth-order valence-corrected chi connectivity index (χ4v) is 5.18. The van der Waals surface area contributed by atoms with E-state index < -0.39 is 35.9 Å². The predicted molar refractivity (Wildman–Crippen MR) is 131 cm³/mol. The Labute approximate surface area is 216 Å². The number of fused-ring (bicyclic) bond motifs is 1. The molecule has 1 saturated heterocycles. The van der Waals surface area contributed by atoms with E-state index in [0.717, 1.165) is 18.3 Å². The van der Waals surface area contributed by atoms with Gasteiger partial charge in [-0.1, -0.05) is 0 Å². The van der Waals surface area contributed by atoms with Crippen LogP contribution in [0.1, 0.15) is 38.3 Å². The molecule has 3 aromatic heterocycles. The highest BCUT2D eigenvalue weighted by molar-refractivity contribution is 5.83. The second kappa shape index (κ2) is 9.98. The average Bonchev–Trinajstić information content (AvgIpc) is 3.57. The first kappa shape index (κ1) is 26.1. The molecule has 0 bridgehead atoms. The van der Waals surface area contributed by atoms with Crippen LogP contribution in [-0.4, -0.2) is 78.0 Å². The van der Waals surface area contributed by atoms with Crippen LogP contribution in [0.15, 0.2) is 31.0 Å². The van der Waals surface area contributed by atoms with E-state index in [1.165, 1.54) is 12.7 Å². The van der Waals surface area contributed by atoms with Gasteiger partial charge in [0.25, 0.3) is 0 Å². The van der Waals surface area contributed by atoms with Crippen LogP contribution in [0.3, 0.4) is 0 Å². The van der Waals surface area contributed by atoms with Crippen molar-refractivity contribution in [2.24, 2.45) is 5.92 Å². The van der Waals surface area contributed by atoms with Crippen LogP contribution in [-0.2, 0) is 11.0 Å². The van der Waals surface area contributed by atoms with Gasteiger partial charge in [0.05, 0.1) is 30.0 Å². The quantitative estimate of drug-likeness (QED) is 0.372. The summed E-state index contributed by atoms with van der Waals surface area (Å²) in [5, 5.41) is 27.4. The summed E-state index contributed by atoms with van der Waals surface area (Å²) < 4.78 is 41.0. The van der Waals surface area contributed by atoms with Crippen molar-refractivity contribution >= 4 is 28.7 Å². The molecule has 4 heterocycles. The lowest BCUT2D eigenvalue weighted by molar-refractivity contribution is -0.137. The topological polar surface area (TPSA) is 141 Å². The molecule has 204 valence electrons. The predicted octanol–water partition coefficient (Wildman–Crippen LogP) is 1.74. The number of aliphatic hydroxyl groups excluding tert-OH is 2. The number of nitrogens with zero attached hydrogens (tertiary/aromatic N) is 6. The molecule has 2 fully saturated rings. The summed E-state index contributed by atoms with van der Waals surface area (Å²) in [6.07, 6.45) is -2.00. The second-order valence-corrected chi connectivity index (χ2v) is 10.1. The van der Waals surface area contributed by atoms with E-state index in [1.54, 1.807) is 9.47 Å². The number of pyridine rings is 1. The Kier molecular flexibility index (Phi) is 6.86. The lowest BCUT2D eigenvalue weighted by atomic mass is 10.0. The highest BCUT2D eigenvalue weighted by Crippen LogP contribution is 2.38. The molecule has 1 saturated carbocycles. The number of hydrogen-bond acceptors (Lipinski definition) is 9. The largest absolute Gasteiger partial charge is 0.416 e. The third-order valence-corrected chi connectivity index (χ3v) is 7.06. The molecular formula is C24H29F3N8O3. The minimum Gasteiger partial charge on any atom is -0.390 e. The van der Waals surface area contributed by atoms with Crippen LogP contribution in [0, 0.1) is 5.92 Å². The van der Waals surface area contributed by atoms with E-state index in [-0.39, 0.29) is 30.2 Å². The van der Waals surface area contributed by atoms with Gasteiger partial charge in [0.2, 0.25) is 5.91 Å². The Hall–Kier alpha value is -3.52. The molecule has 0 unspecified atom stereocenters. The van der Waals surface area contributed by atoms with Crippen molar-refractivity contribution in [2.75, 3.05) is 23.3 Å². The van der Waals surface area contributed by atoms with Crippen LogP contribution in [0.4, 0.5) is 24.8 Å². The number of anilines is 2. The number of alkyl halides is 3. The molecule has 38 heavy (non-hydrogen) atoms. The SMILES string of the molecule is CC(C)NC(=O)[C@H]1C[C@@H](n2cnc3c(N[C@H]4CCN(c5cc(C(F)(F)F)ccn5)C4)ncnc32)[C@H](O)[C@@H]1O. The van der Waals surface area contributed by atoms with Crippen molar-refractivity contribution in [2.45, 2.75) is 63.2 Å². The molecule has 4 N–H and O–H groups in total. The summed E-state index contributed by atoms with van der Waals surface area (Å²) in [5.74, 6) is -0.398. The standard InChI is InChI=1S/C24H29F3N8O3/c1-12(2)32-23(38)15-8-16(20(37)19(15)36)35-11-31-18-21(29-10-30-22(18)35)33-14-4-6-34(9-14)17-7-13(3-5-28-17)24(25,26)27/h3,5,7,10-12,14-16,19-20,36-37H,4,6,8-9H2,1-2H3,(H,32,38)(H,29,30,33)/t14-,15-,16+,19+,20-/m0/s1. The highest BCUT2D eigenvalue weighted by atomic mass is 19.4. The summed E-state index contributed by atoms with van der Waals surface area (Å²) in [4.78, 5) is 31.5.